The molecule has 80 valence electrons. The van der Waals surface area contributed by atoms with Crippen molar-refractivity contribution in [3.8, 4) is 0 Å². The summed E-state index contributed by atoms with van der Waals surface area (Å²) in [5.41, 5.74) is 1.11. The molecule has 1 heterocycles. The number of rotatable bonds is 3. The van der Waals surface area contributed by atoms with Crippen LogP contribution in [0.5, 0.6) is 0 Å². The van der Waals surface area contributed by atoms with Gasteiger partial charge in [0.1, 0.15) is 5.82 Å². The third-order valence-corrected chi connectivity index (χ3v) is 4.12. The minimum atomic E-state index is 0.0585. The molecule has 0 radical (unpaired) electrons. The number of aromatic nitrogens is 2. The summed E-state index contributed by atoms with van der Waals surface area (Å²) in [7, 11) is 0. The maximum atomic E-state index is 11.7. The molecule has 0 bridgehead atoms. The van der Waals surface area contributed by atoms with Crippen LogP contribution in [-0.4, -0.2) is 9.97 Å². The van der Waals surface area contributed by atoms with E-state index in [0.29, 0.717) is 5.92 Å². The predicted molar refractivity (Wildman–Crippen MR) is 66.0 cm³/mol. The van der Waals surface area contributed by atoms with E-state index >= 15 is 0 Å². The molecule has 0 unspecified atom stereocenters. The van der Waals surface area contributed by atoms with Crippen LogP contribution < -0.4 is 5.56 Å². The summed E-state index contributed by atoms with van der Waals surface area (Å²) < 4.78 is 0.801. The lowest BCUT2D eigenvalue weighted by Crippen LogP contribution is -2.18. The molecule has 2 aliphatic carbocycles. The number of halogens is 1. The lowest BCUT2D eigenvalue weighted by Gasteiger charge is -2.04. The summed E-state index contributed by atoms with van der Waals surface area (Å²) in [6, 6.07) is 0. The molecule has 3 rings (SSSR count). The van der Waals surface area contributed by atoms with E-state index in [4.69, 9.17) is 0 Å². The average molecular weight is 316 g/mol. The third kappa shape index (κ3) is 2.09. The van der Waals surface area contributed by atoms with Gasteiger partial charge >= 0.3 is 0 Å². The Morgan fingerprint density at radius 3 is 2.67 bits per heavy atom. The first-order chi connectivity index (χ1) is 7.24. The number of H-pyrrole nitrogens is 1. The van der Waals surface area contributed by atoms with E-state index in [2.05, 4.69) is 32.6 Å². The second-order valence-corrected chi connectivity index (χ2v) is 5.71. The largest absolute Gasteiger partial charge is 0.310 e. The maximum Gasteiger partial charge on any atom is 0.264 e. The van der Waals surface area contributed by atoms with Gasteiger partial charge in [0, 0.05) is 12.3 Å². The molecule has 2 saturated carbocycles. The van der Waals surface area contributed by atoms with Gasteiger partial charge < -0.3 is 4.98 Å². The number of nitrogens with one attached hydrogen (secondary N) is 1. The number of hydrogen-bond acceptors (Lipinski definition) is 2. The molecule has 2 aliphatic rings. The van der Waals surface area contributed by atoms with Gasteiger partial charge in [-0.15, -0.1) is 0 Å². The van der Waals surface area contributed by atoms with Crippen molar-refractivity contribution >= 4 is 22.6 Å². The molecule has 0 saturated heterocycles. The Kier molecular flexibility index (Phi) is 2.34. The highest BCUT2D eigenvalue weighted by Crippen LogP contribution is 2.40. The second-order valence-electron chi connectivity index (χ2n) is 4.63. The Morgan fingerprint density at radius 1 is 1.33 bits per heavy atom. The van der Waals surface area contributed by atoms with Crippen molar-refractivity contribution in [1.29, 1.82) is 0 Å². The molecule has 0 aliphatic heterocycles. The van der Waals surface area contributed by atoms with Crippen LogP contribution in [0.25, 0.3) is 0 Å². The number of hydrogen-bond donors (Lipinski definition) is 1. The van der Waals surface area contributed by atoms with Crippen LogP contribution in [-0.2, 0) is 6.42 Å². The Balaban J connectivity index is 1.96. The van der Waals surface area contributed by atoms with Crippen molar-refractivity contribution in [1.82, 2.24) is 9.97 Å². The van der Waals surface area contributed by atoms with Gasteiger partial charge in [0.05, 0.1) is 9.26 Å². The van der Waals surface area contributed by atoms with Crippen molar-refractivity contribution in [2.24, 2.45) is 5.92 Å². The molecule has 1 aromatic heterocycles. The van der Waals surface area contributed by atoms with Crippen LogP contribution in [0.1, 0.15) is 43.1 Å². The zero-order valence-corrected chi connectivity index (χ0v) is 10.6. The first-order valence-corrected chi connectivity index (χ1v) is 6.60. The Bertz CT molecular complexity index is 446. The first kappa shape index (κ1) is 9.81. The highest BCUT2D eigenvalue weighted by Gasteiger charge is 2.30. The molecule has 0 atom stereocenters. The lowest BCUT2D eigenvalue weighted by atomic mass is 10.2. The van der Waals surface area contributed by atoms with Gasteiger partial charge in [-0.25, -0.2) is 4.98 Å². The molecule has 0 spiro atoms. The molecular formula is C11H13IN2O. The first-order valence-electron chi connectivity index (χ1n) is 5.52. The van der Waals surface area contributed by atoms with Crippen molar-refractivity contribution < 1.29 is 0 Å². The fraction of sp³-hybridized carbons (Fsp3) is 0.636. The predicted octanol–water partition coefficient (Wildman–Crippen LogP) is 2.20. The lowest BCUT2D eigenvalue weighted by molar-refractivity contribution is 0.746. The van der Waals surface area contributed by atoms with Crippen LogP contribution in [0.2, 0.25) is 0 Å². The van der Waals surface area contributed by atoms with E-state index in [-0.39, 0.29) is 5.56 Å². The second kappa shape index (κ2) is 3.57. The van der Waals surface area contributed by atoms with Crippen molar-refractivity contribution in [2.75, 3.05) is 0 Å². The van der Waals surface area contributed by atoms with Crippen molar-refractivity contribution in [3.63, 3.8) is 0 Å². The van der Waals surface area contributed by atoms with E-state index in [9.17, 15) is 4.79 Å². The molecular weight excluding hydrogens is 303 g/mol. The molecule has 0 amide bonds. The summed E-state index contributed by atoms with van der Waals surface area (Å²) in [5.74, 6) is 2.25. The SMILES string of the molecule is O=c1[nH]c(CC2CC2)nc(C2CC2)c1I. The van der Waals surface area contributed by atoms with E-state index < -0.39 is 0 Å². The summed E-state index contributed by atoms with van der Waals surface area (Å²) in [5, 5.41) is 0. The van der Waals surface area contributed by atoms with Crippen LogP contribution in [0, 0.1) is 9.49 Å². The minimum Gasteiger partial charge on any atom is -0.310 e. The zero-order chi connectivity index (χ0) is 10.4. The summed E-state index contributed by atoms with van der Waals surface area (Å²) in [6.45, 7) is 0. The zero-order valence-electron chi connectivity index (χ0n) is 8.42. The van der Waals surface area contributed by atoms with Crippen LogP contribution in [0.3, 0.4) is 0 Å². The van der Waals surface area contributed by atoms with E-state index in [1.165, 1.54) is 25.7 Å². The number of nitrogens with zero attached hydrogens (tertiary/aromatic N) is 1. The van der Waals surface area contributed by atoms with Crippen LogP contribution in [0.4, 0.5) is 0 Å². The van der Waals surface area contributed by atoms with Gasteiger partial charge in [0.2, 0.25) is 0 Å². The molecule has 0 aromatic carbocycles. The number of aromatic amines is 1. The van der Waals surface area contributed by atoms with Gasteiger partial charge in [-0.3, -0.25) is 4.79 Å². The van der Waals surface area contributed by atoms with Gasteiger partial charge in [-0.2, -0.15) is 0 Å². The summed E-state index contributed by atoms with van der Waals surface area (Å²) >= 11 is 2.12. The van der Waals surface area contributed by atoms with Crippen LogP contribution >= 0.6 is 22.6 Å². The highest BCUT2D eigenvalue weighted by atomic mass is 127. The quantitative estimate of drug-likeness (QED) is 0.869. The molecule has 1 N–H and O–H groups in total. The topological polar surface area (TPSA) is 45.8 Å². The van der Waals surface area contributed by atoms with Gasteiger partial charge in [0.25, 0.3) is 5.56 Å². The summed E-state index contributed by atoms with van der Waals surface area (Å²) in [6.07, 6.45) is 5.97. The van der Waals surface area contributed by atoms with Gasteiger partial charge in [-0.05, 0) is 54.2 Å². The average Bonchev–Trinajstić information content (AvgIpc) is 3.01. The minimum absolute atomic E-state index is 0.0585. The van der Waals surface area contributed by atoms with Crippen molar-refractivity contribution in [2.45, 2.75) is 38.0 Å². The van der Waals surface area contributed by atoms with E-state index in [1.807, 2.05) is 0 Å². The fourth-order valence-electron chi connectivity index (χ4n) is 1.84. The smallest absolute Gasteiger partial charge is 0.264 e. The fourth-order valence-corrected chi connectivity index (χ4v) is 2.54. The molecule has 1 aromatic rings. The van der Waals surface area contributed by atoms with Crippen LogP contribution in [0.15, 0.2) is 4.79 Å². The Labute approximate surface area is 102 Å². The Hall–Kier alpha value is -0.390. The normalized spacial score (nSPS) is 20.6. The molecule has 15 heavy (non-hydrogen) atoms. The molecule has 3 nitrogen and oxygen atoms in total. The van der Waals surface area contributed by atoms with E-state index in [1.54, 1.807) is 0 Å². The Morgan fingerprint density at radius 2 is 2.07 bits per heavy atom. The summed E-state index contributed by atoms with van der Waals surface area (Å²) in [4.78, 5) is 19.2. The molecule has 2 fully saturated rings. The molecule has 4 heteroatoms. The van der Waals surface area contributed by atoms with Gasteiger partial charge in [0.15, 0.2) is 0 Å². The van der Waals surface area contributed by atoms with Crippen molar-refractivity contribution in [3.05, 3.63) is 25.4 Å². The highest BCUT2D eigenvalue weighted by molar-refractivity contribution is 14.1. The van der Waals surface area contributed by atoms with Gasteiger partial charge in [-0.1, -0.05) is 0 Å². The monoisotopic (exact) mass is 316 g/mol. The maximum absolute atomic E-state index is 11.7. The standard InChI is InChI=1S/C11H13IN2O/c12-9-10(7-3-4-7)13-8(14-11(9)15)5-6-1-2-6/h6-7H,1-5H2,(H,13,14,15). The van der Waals surface area contributed by atoms with E-state index in [0.717, 1.165) is 27.4 Å². The third-order valence-electron chi connectivity index (χ3n) is 3.08.